The van der Waals surface area contributed by atoms with Gasteiger partial charge in [-0.3, -0.25) is 0 Å². The molecule has 0 aromatic rings. The van der Waals surface area contributed by atoms with Crippen molar-refractivity contribution in [2.24, 2.45) is 0 Å². The Labute approximate surface area is 109 Å². The number of hydrogen-bond donors (Lipinski definition) is 0. The van der Waals surface area contributed by atoms with Crippen LogP contribution in [0.25, 0.3) is 0 Å². The quantitative estimate of drug-likeness (QED) is 0.262. The monoisotopic (exact) mass is 235 g/mol. The van der Waals surface area contributed by atoms with Gasteiger partial charge < -0.3 is 0 Å². The summed E-state index contributed by atoms with van der Waals surface area (Å²) in [5.41, 5.74) is 0. The molecular weight excluding hydrogens is 204 g/mol. The molecule has 0 unspecified atom stereocenters. The molecule has 0 saturated carbocycles. The van der Waals surface area contributed by atoms with Gasteiger partial charge in [0.1, 0.15) is 0 Å². The molecule has 0 aliphatic heterocycles. The molecule has 0 heteroatoms. The van der Waals surface area contributed by atoms with Gasteiger partial charge in [0.15, 0.2) is 0 Å². The van der Waals surface area contributed by atoms with Gasteiger partial charge in [0.2, 0.25) is 0 Å². The van der Waals surface area contributed by atoms with Crippen molar-refractivity contribution < 1.29 is 0 Å². The van der Waals surface area contributed by atoms with Gasteiger partial charge in [-0.15, -0.1) is 6.58 Å². The van der Waals surface area contributed by atoms with Gasteiger partial charge in [0.25, 0.3) is 0 Å². The summed E-state index contributed by atoms with van der Waals surface area (Å²) in [5, 5.41) is 0. The van der Waals surface area contributed by atoms with E-state index < -0.39 is 0 Å². The Kier molecular flexibility index (Phi) is 15.0. The van der Waals surface area contributed by atoms with Gasteiger partial charge in [0, 0.05) is 0 Å². The van der Waals surface area contributed by atoms with Gasteiger partial charge in [-0.1, -0.05) is 57.6 Å². The molecule has 0 saturated heterocycles. The first kappa shape index (κ1) is 16.5. The zero-order chi connectivity index (χ0) is 12.6. The Morgan fingerprint density at radius 3 is 2.18 bits per heavy atom. The summed E-state index contributed by atoms with van der Waals surface area (Å²) in [6.45, 7) is 6.00. The smallest absolute Gasteiger partial charge is 0.0279 e. The lowest BCUT2D eigenvalue weighted by atomic mass is 10.1. The van der Waals surface area contributed by atoms with Crippen LogP contribution in [0.15, 0.2) is 18.7 Å². The summed E-state index contributed by atoms with van der Waals surface area (Å²) in [6, 6.07) is 0. The molecule has 0 atom stereocenters. The summed E-state index contributed by atoms with van der Waals surface area (Å²) in [5.74, 6) is 0. The Morgan fingerprint density at radius 2 is 1.47 bits per heavy atom. The summed E-state index contributed by atoms with van der Waals surface area (Å²) in [7, 11) is 0. The van der Waals surface area contributed by atoms with E-state index in [4.69, 9.17) is 0 Å². The Morgan fingerprint density at radius 1 is 0.824 bits per heavy atom. The number of unbranched alkanes of at least 4 members (excludes halogenated alkanes) is 10. The SMILES string of the molecule is C=CCCCCCCCC/[C]=C/CCCCC. The van der Waals surface area contributed by atoms with Gasteiger partial charge in [-0.25, -0.2) is 0 Å². The van der Waals surface area contributed by atoms with E-state index in [1.165, 1.54) is 77.0 Å². The normalized spacial score (nSPS) is 11.1. The molecule has 1 radical (unpaired) electrons. The maximum absolute atomic E-state index is 3.74. The minimum absolute atomic E-state index is 1.17. The highest BCUT2D eigenvalue weighted by Gasteiger charge is 1.89. The Bertz CT molecular complexity index is 167. The van der Waals surface area contributed by atoms with Crippen LogP contribution in [0, 0.1) is 6.08 Å². The van der Waals surface area contributed by atoms with Crippen LogP contribution in [0.5, 0.6) is 0 Å². The van der Waals surface area contributed by atoms with E-state index in [9.17, 15) is 0 Å². The van der Waals surface area contributed by atoms with Crippen LogP contribution in [0.4, 0.5) is 0 Å². The van der Waals surface area contributed by atoms with Gasteiger partial charge >= 0.3 is 0 Å². The van der Waals surface area contributed by atoms with Crippen LogP contribution in [-0.2, 0) is 0 Å². The lowest BCUT2D eigenvalue weighted by Gasteiger charge is -1.99. The number of rotatable bonds is 13. The predicted molar refractivity (Wildman–Crippen MR) is 79.1 cm³/mol. The lowest BCUT2D eigenvalue weighted by Crippen LogP contribution is -1.79. The maximum atomic E-state index is 3.74. The van der Waals surface area contributed by atoms with E-state index in [1.807, 2.05) is 6.08 Å². The molecule has 0 rings (SSSR count). The zero-order valence-electron chi connectivity index (χ0n) is 11.8. The van der Waals surface area contributed by atoms with Crippen molar-refractivity contribution in [3.05, 3.63) is 24.8 Å². The average Bonchev–Trinajstić information content (AvgIpc) is 2.35. The summed E-state index contributed by atoms with van der Waals surface area (Å²) in [6.07, 6.45) is 23.5. The van der Waals surface area contributed by atoms with Gasteiger partial charge in [-0.05, 0) is 44.6 Å². The molecule has 0 aliphatic rings. The fourth-order valence-electron chi connectivity index (χ4n) is 1.92. The molecule has 0 N–H and O–H groups in total. The van der Waals surface area contributed by atoms with E-state index in [0.29, 0.717) is 0 Å². The van der Waals surface area contributed by atoms with E-state index >= 15 is 0 Å². The molecule has 0 bridgehead atoms. The molecule has 0 amide bonds. The summed E-state index contributed by atoms with van der Waals surface area (Å²) < 4.78 is 0. The van der Waals surface area contributed by atoms with Crippen LogP contribution in [0.3, 0.4) is 0 Å². The molecule has 0 aliphatic carbocycles. The first-order valence-corrected chi connectivity index (χ1v) is 7.57. The molecule has 0 aromatic carbocycles. The molecule has 99 valence electrons. The van der Waals surface area contributed by atoms with Crippen molar-refractivity contribution in [1.82, 2.24) is 0 Å². The minimum Gasteiger partial charge on any atom is -0.103 e. The molecule has 0 heterocycles. The maximum Gasteiger partial charge on any atom is -0.0279 e. The van der Waals surface area contributed by atoms with E-state index in [-0.39, 0.29) is 0 Å². The fourth-order valence-corrected chi connectivity index (χ4v) is 1.92. The third-order valence-electron chi connectivity index (χ3n) is 3.08. The van der Waals surface area contributed by atoms with Crippen molar-refractivity contribution in [1.29, 1.82) is 0 Å². The molecule has 17 heavy (non-hydrogen) atoms. The van der Waals surface area contributed by atoms with Crippen molar-refractivity contribution in [3.63, 3.8) is 0 Å². The molecule has 0 aromatic heterocycles. The van der Waals surface area contributed by atoms with E-state index in [1.54, 1.807) is 0 Å². The Hall–Kier alpha value is -0.520. The second kappa shape index (κ2) is 15.5. The van der Waals surface area contributed by atoms with E-state index in [0.717, 1.165) is 0 Å². The number of allylic oxidation sites excluding steroid dienone is 3. The van der Waals surface area contributed by atoms with Crippen molar-refractivity contribution >= 4 is 0 Å². The van der Waals surface area contributed by atoms with Gasteiger partial charge in [-0.2, -0.15) is 0 Å². The largest absolute Gasteiger partial charge is 0.103 e. The van der Waals surface area contributed by atoms with Crippen molar-refractivity contribution in [2.75, 3.05) is 0 Å². The first-order valence-electron chi connectivity index (χ1n) is 7.57. The van der Waals surface area contributed by atoms with E-state index in [2.05, 4.69) is 25.7 Å². The third-order valence-corrected chi connectivity index (χ3v) is 3.08. The third kappa shape index (κ3) is 15.5. The van der Waals surface area contributed by atoms with Crippen LogP contribution in [0.2, 0.25) is 0 Å². The molecule has 0 fully saturated rings. The first-order chi connectivity index (χ1) is 8.41. The highest BCUT2D eigenvalue weighted by molar-refractivity contribution is 4.73. The zero-order valence-corrected chi connectivity index (χ0v) is 11.8. The topological polar surface area (TPSA) is 0 Å². The number of hydrogen-bond acceptors (Lipinski definition) is 0. The molecule has 0 spiro atoms. The van der Waals surface area contributed by atoms with Crippen LogP contribution < -0.4 is 0 Å². The molecular formula is C17H31. The van der Waals surface area contributed by atoms with Crippen molar-refractivity contribution in [3.8, 4) is 0 Å². The second-order valence-corrected chi connectivity index (χ2v) is 4.85. The van der Waals surface area contributed by atoms with Crippen LogP contribution in [-0.4, -0.2) is 0 Å². The van der Waals surface area contributed by atoms with Crippen LogP contribution in [0.1, 0.15) is 84.0 Å². The lowest BCUT2D eigenvalue weighted by molar-refractivity contribution is 0.598. The average molecular weight is 235 g/mol. The second-order valence-electron chi connectivity index (χ2n) is 4.85. The van der Waals surface area contributed by atoms with Crippen molar-refractivity contribution in [2.45, 2.75) is 84.0 Å². The van der Waals surface area contributed by atoms with Crippen LogP contribution >= 0.6 is 0 Å². The summed E-state index contributed by atoms with van der Waals surface area (Å²) in [4.78, 5) is 0. The standard InChI is InChI=1S/C17H31/c1-3-5-7-9-11-13-15-17-16-14-12-10-8-6-4-2/h3,12H,1,4-11,13,15-17H2,2H3. The summed E-state index contributed by atoms with van der Waals surface area (Å²) >= 11 is 0. The fraction of sp³-hybridized carbons (Fsp3) is 0.765. The minimum atomic E-state index is 1.17. The highest BCUT2D eigenvalue weighted by atomic mass is 14.0. The predicted octanol–water partition coefficient (Wildman–Crippen LogP) is 6.23. The Balaban J connectivity index is 2.99. The van der Waals surface area contributed by atoms with Gasteiger partial charge in [0.05, 0.1) is 0 Å². The molecule has 0 nitrogen and oxygen atoms in total. The highest BCUT2D eigenvalue weighted by Crippen LogP contribution is 2.09.